The zero-order valence-electron chi connectivity index (χ0n) is 11.7. The number of nitrogens with one attached hydrogen (secondary N) is 1. The number of ether oxygens (including phenoxy) is 1. The zero-order valence-corrected chi connectivity index (χ0v) is 13.2. The van der Waals surface area contributed by atoms with E-state index in [1.54, 1.807) is 19.1 Å². The Hall–Kier alpha value is -2.16. The Morgan fingerprint density at radius 1 is 1.36 bits per heavy atom. The van der Waals surface area contributed by atoms with E-state index in [0.29, 0.717) is 12.1 Å². The molecule has 0 unspecified atom stereocenters. The maximum absolute atomic E-state index is 12.0. The Labute approximate surface area is 137 Å². The molecule has 0 bridgehead atoms. The number of hydrogen-bond acceptors (Lipinski definition) is 3. The van der Waals surface area contributed by atoms with Gasteiger partial charge >= 0.3 is 6.03 Å². The van der Waals surface area contributed by atoms with Crippen LogP contribution in [0.3, 0.4) is 0 Å². The molecule has 2 rings (SSSR count). The molecule has 5 nitrogen and oxygen atoms in total. The smallest absolute Gasteiger partial charge is 0.328 e. The molecule has 1 saturated heterocycles. The number of halogens is 2. The maximum Gasteiger partial charge on any atom is 0.328 e. The van der Waals surface area contributed by atoms with Crippen LogP contribution in [0.25, 0.3) is 6.08 Å². The number of likely N-dealkylation sites (N-methyl/N-ethyl adjacent to an activating group) is 1. The monoisotopic (exact) mass is 338 g/mol. The van der Waals surface area contributed by atoms with Crippen LogP contribution in [0.4, 0.5) is 4.79 Å². The zero-order chi connectivity index (χ0) is 16.3. The van der Waals surface area contributed by atoms with Crippen LogP contribution in [-0.4, -0.2) is 30.0 Å². The number of carbonyl (C=O) groups is 2. The first-order valence-corrected chi connectivity index (χ1v) is 7.13. The van der Waals surface area contributed by atoms with Crippen LogP contribution >= 0.6 is 23.2 Å². The van der Waals surface area contributed by atoms with E-state index in [9.17, 15) is 9.59 Å². The van der Waals surface area contributed by atoms with Gasteiger partial charge in [-0.05, 0) is 30.7 Å². The lowest BCUT2D eigenvalue weighted by atomic mass is 10.1. The number of nitrogens with zero attached hydrogens (tertiary/aromatic N) is 1. The number of hydrogen-bond donors (Lipinski definition) is 1. The number of terminal acetylenes is 1. The molecule has 1 N–H and O–H groups in total. The van der Waals surface area contributed by atoms with Crippen molar-refractivity contribution in [3.8, 4) is 18.1 Å². The van der Waals surface area contributed by atoms with E-state index < -0.39 is 11.9 Å². The van der Waals surface area contributed by atoms with Crippen molar-refractivity contribution in [2.24, 2.45) is 0 Å². The Bertz CT molecular complexity index is 684. The second-order valence-corrected chi connectivity index (χ2v) is 5.16. The van der Waals surface area contributed by atoms with Crippen molar-refractivity contribution >= 4 is 41.2 Å². The minimum absolute atomic E-state index is 0.0415. The molecule has 1 aromatic carbocycles. The molecule has 0 radical (unpaired) electrons. The molecule has 22 heavy (non-hydrogen) atoms. The van der Waals surface area contributed by atoms with E-state index in [2.05, 4.69) is 11.2 Å². The average molecular weight is 339 g/mol. The number of rotatable bonds is 4. The van der Waals surface area contributed by atoms with Crippen LogP contribution in [0.2, 0.25) is 10.0 Å². The van der Waals surface area contributed by atoms with Crippen molar-refractivity contribution < 1.29 is 14.3 Å². The van der Waals surface area contributed by atoms with Crippen molar-refractivity contribution in [1.29, 1.82) is 0 Å². The Balaban J connectivity index is 2.32. The first-order valence-electron chi connectivity index (χ1n) is 6.37. The van der Waals surface area contributed by atoms with Crippen LogP contribution in [0, 0.1) is 12.3 Å². The third-order valence-corrected chi connectivity index (χ3v) is 3.47. The van der Waals surface area contributed by atoms with Gasteiger partial charge < -0.3 is 10.1 Å². The van der Waals surface area contributed by atoms with Gasteiger partial charge in [-0.25, -0.2) is 4.79 Å². The number of benzene rings is 1. The molecule has 0 aromatic heterocycles. The minimum Gasteiger partial charge on any atom is -0.478 e. The van der Waals surface area contributed by atoms with Crippen LogP contribution in [0.15, 0.2) is 17.8 Å². The number of amides is 3. The van der Waals surface area contributed by atoms with E-state index >= 15 is 0 Å². The fraction of sp³-hybridized carbons (Fsp3) is 0.200. The van der Waals surface area contributed by atoms with Crippen LogP contribution < -0.4 is 10.1 Å². The van der Waals surface area contributed by atoms with Gasteiger partial charge in [0, 0.05) is 6.54 Å². The van der Waals surface area contributed by atoms with E-state index in [4.69, 9.17) is 34.4 Å². The van der Waals surface area contributed by atoms with Crippen molar-refractivity contribution in [1.82, 2.24) is 10.2 Å². The number of carbonyl (C=O) groups excluding carboxylic acids is 2. The molecule has 1 fully saturated rings. The number of imide groups is 1. The summed E-state index contributed by atoms with van der Waals surface area (Å²) in [5.74, 6) is 2.20. The summed E-state index contributed by atoms with van der Waals surface area (Å²) < 4.78 is 5.25. The van der Waals surface area contributed by atoms with Gasteiger partial charge in [-0.2, -0.15) is 0 Å². The van der Waals surface area contributed by atoms with Gasteiger partial charge in [0.1, 0.15) is 12.3 Å². The minimum atomic E-state index is -0.454. The summed E-state index contributed by atoms with van der Waals surface area (Å²) in [6.45, 7) is 2.05. The summed E-state index contributed by atoms with van der Waals surface area (Å²) in [5.41, 5.74) is 0.723. The molecular weight excluding hydrogens is 327 g/mol. The van der Waals surface area contributed by atoms with Gasteiger partial charge in [0.25, 0.3) is 5.91 Å². The maximum atomic E-state index is 12.0. The standard InChI is InChI=1S/C15H12Cl2N2O3/c1-3-5-22-13-10(16)6-9(7-11(13)17)8-12-14(20)19(4-2)15(21)18-12/h1,6-8H,4-5H2,2H3,(H,18,21)/b12-8+. The predicted octanol–water partition coefficient (Wildman–Crippen LogP) is 2.92. The Kier molecular flexibility index (Phi) is 4.96. The lowest BCUT2D eigenvalue weighted by Crippen LogP contribution is -2.30. The van der Waals surface area contributed by atoms with Gasteiger partial charge in [0.2, 0.25) is 0 Å². The van der Waals surface area contributed by atoms with Crippen molar-refractivity contribution in [3.05, 3.63) is 33.4 Å². The van der Waals surface area contributed by atoms with E-state index in [1.807, 2.05) is 0 Å². The highest BCUT2D eigenvalue weighted by Gasteiger charge is 2.32. The van der Waals surface area contributed by atoms with Crippen molar-refractivity contribution in [2.45, 2.75) is 6.92 Å². The van der Waals surface area contributed by atoms with E-state index in [0.717, 1.165) is 4.90 Å². The van der Waals surface area contributed by atoms with Crippen LogP contribution in [-0.2, 0) is 4.79 Å². The van der Waals surface area contributed by atoms with E-state index in [1.165, 1.54) is 6.08 Å². The van der Waals surface area contributed by atoms with Gasteiger partial charge in [-0.3, -0.25) is 9.69 Å². The van der Waals surface area contributed by atoms with Crippen LogP contribution in [0.1, 0.15) is 12.5 Å². The molecule has 1 aromatic rings. The first-order chi connectivity index (χ1) is 10.5. The molecule has 0 atom stereocenters. The highest BCUT2D eigenvalue weighted by Crippen LogP contribution is 2.35. The number of urea groups is 1. The van der Waals surface area contributed by atoms with Gasteiger partial charge in [0.15, 0.2) is 5.75 Å². The third-order valence-electron chi connectivity index (χ3n) is 2.91. The topological polar surface area (TPSA) is 58.6 Å². The lowest BCUT2D eigenvalue weighted by molar-refractivity contribution is -0.122. The largest absolute Gasteiger partial charge is 0.478 e. The molecule has 0 saturated carbocycles. The van der Waals surface area contributed by atoms with Crippen molar-refractivity contribution in [2.75, 3.05) is 13.2 Å². The molecule has 0 spiro atoms. The van der Waals surface area contributed by atoms with Crippen molar-refractivity contribution in [3.63, 3.8) is 0 Å². The third kappa shape index (κ3) is 3.19. The van der Waals surface area contributed by atoms with Crippen LogP contribution in [0.5, 0.6) is 5.75 Å². The summed E-state index contributed by atoms with van der Waals surface area (Å²) in [4.78, 5) is 24.7. The molecule has 7 heteroatoms. The van der Waals surface area contributed by atoms with Gasteiger partial charge in [0.05, 0.1) is 10.0 Å². The average Bonchev–Trinajstić information content (AvgIpc) is 2.72. The van der Waals surface area contributed by atoms with Gasteiger partial charge in [-0.15, -0.1) is 6.42 Å². The normalized spacial score (nSPS) is 15.9. The Morgan fingerprint density at radius 3 is 2.50 bits per heavy atom. The highest BCUT2D eigenvalue weighted by molar-refractivity contribution is 6.37. The summed E-state index contributed by atoms with van der Waals surface area (Å²) in [6.07, 6.45) is 6.62. The molecule has 1 heterocycles. The molecular formula is C15H12Cl2N2O3. The second kappa shape index (κ2) is 6.73. The quantitative estimate of drug-likeness (QED) is 0.521. The fourth-order valence-corrected chi connectivity index (χ4v) is 2.55. The SMILES string of the molecule is C#CCOc1c(Cl)cc(/C=C2/NC(=O)N(CC)C2=O)cc1Cl. The summed E-state index contributed by atoms with van der Waals surface area (Å²) >= 11 is 12.2. The Morgan fingerprint density at radius 2 is 2.00 bits per heavy atom. The fourth-order valence-electron chi connectivity index (χ4n) is 1.94. The molecule has 114 valence electrons. The molecule has 3 amide bonds. The summed E-state index contributed by atoms with van der Waals surface area (Å²) in [7, 11) is 0. The lowest BCUT2D eigenvalue weighted by Gasteiger charge is -2.09. The first kappa shape index (κ1) is 16.2. The predicted molar refractivity (Wildman–Crippen MR) is 84.7 cm³/mol. The highest BCUT2D eigenvalue weighted by atomic mass is 35.5. The van der Waals surface area contributed by atoms with Gasteiger partial charge in [-0.1, -0.05) is 29.1 Å². The molecule has 1 aliphatic rings. The second-order valence-electron chi connectivity index (χ2n) is 4.34. The van der Waals surface area contributed by atoms with E-state index in [-0.39, 0.29) is 28.1 Å². The molecule has 1 aliphatic heterocycles. The summed E-state index contributed by atoms with van der Waals surface area (Å²) in [6, 6.07) is 2.69. The molecule has 0 aliphatic carbocycles. The summed E-state index contributed by atoms with van der Waals surface area (Å²) in [5, 5.41) is 3.02.